The van der Waals surface area contributed by atoms with E-state index in [0.29, 0.717) is 5.13 Å². The smallest absolute Gasteiger partial charge is 0.240 e. The van der Waals surface area contributed by atoms with Crippen LogP contribution < -0.4 is 4.90 Å². The predicted molar refractivity (Wildman–Crippen MR) is 66.9 cm³/mol. The number of aromatic nitrogens is 1. The van der Waals surface area contributed by atoms with E-state index in [9.17, 15) is 9.59 Å². The van der Waals surface area contributed by atoms with Crippen LogP contribution in [0.25, 0.3) is 0 Å². The van der Waals surface area contributed by atoms with Crippen LogP contribution in [0.1, 0.15) is 12.8 Å². The molecule has 2 bridgehead atoms. The number of fused-ring (bicyclic) bond motifs is 1. The molecule has 92 valence electrons. The molecule has 0 N–H and O–H groups in total. The Kier molecular flexibility index (Phi) is 2.03. The molecule has 1 aromatic rings. The Morgan fingerprint density at radius 3 is 2.17 bits per heavy atom. The van der Waals surface area contributed by atoms with Gasteiger partial charge in [0.05, 0.1) is 11.8 Å². The third kappa shape index (κ3) is 1.17. The third-order valence-corrected chi connectivity index (χ3v) is 5.13. The first-order valence-electron chi connectivity index (χ1n) is 6.23. The number of imide groups is 1. The first-order valence-corrected chi connectivity index (χ1v) is 7.11. The van der Waals surface area contributed by atoms with Gasteiger partial charge in [-0.1, -0.05) is 12.2 Å². The van der Waals surface area contributed by atoms with Crippen molar-refractivity contribution in [2.24, 2.45) is 23.7 Å². The summed E-state index contributed by atoms with van der Waals surface area (Å²) in [4.78, 5) is 30.4. The molecular formula is C13H12N2O2S. The molecule has 0 unspecified atom stereocenters. The Morgan fingerprint density at radius 1 is 1.11 bits per heavy atom. The number of rotatable bonds is 1. The van der Waals surface area contributed by atoms with Gasteiger partial charge in [0.15, 0.2) is 5.13 Å². The number of allylic oxidation sites excluding steroid dienone is 2. The molecule has 2 heterocycles. The van der Waals surface area contributed by atoms with Gasteiger partial charge in [-0.2, -0.15) is 0 Å². The second-order valence-electron chi connectivity index (χ2n) is 5.17. The minimum Gasteiger partial charge on any atom is -0.274 e. The molecule has 0 radical (unpaired) electrons. The van der Waals surface area contributed by atoms with Gasteiger partial charge in [0.25, 0.3) is 0 Å². The maximum absolute atomic E-state index is 12.5. The Bertz CT molecular complexity index is 519. The van der Waals surface area contributed by atoms with Gasteiger partial charge in [-0.05, 0) is 24.7 Å². The summed E-state index contributed by atoms with van der Waals surface area (Å²) >= 11 is 1.35. The summed E-state index contributed by atoms with van der Waals surface area (Å²) < 4.78 is 0. The molecule has 2 fully saturated rings. The zero-order chi connectivity index (χ0) is 12.3. The quantitative estimate of drug-likeness (QED) is 0.572. The highest BCUT2D eigenvalue weighted by Crippen LogP contribution is 2.50. The Hall–Kier alpha value is -1.49. The van der Waals surface area contributed by atoms with Crippen LogP contribution in [0.15, 0.2) is 23.7 Å². The SMILES string of the molecule is O=C1[C@@H]2[C@H](C(=O)N1c1nccs1)[C@@H]1C=C[C@H]2CC1. The molecule has 5 rings (SSSR count). The molecule has 3 aliphatic carbocycles. The minimum absolute atomic E-state index is 0.0426. The van der Waals surface area contributed by atoms with Crippen molar-refractivity contribution in [2.75, 3.05) is 4.90 Å². The van der Waals surface area contributed by atoms with Gasteiger partial charge < -0.3 is 0 Å². The van der Waals surface area contributed by atoms with Crippen molar-refractivity contribution in [3.63, 3.8) is 0 Å². The average molecular weight is 260 g/mol. The molecule has 2 amide bonds. The number of amides is 2. The monoisotopic (exact) mass is 260 g/mol. The van der Waals surface area contributed by atoms with Crippen molar-refractivity contribution >= 4 is 28.3 Å². The summed E-state index contributed by atoms with van der Waals surface area (Å²) in [5, 5.41) is 2.32. The molecule has 1 saturated carbocycles. The van der Waals surface area contributed by atoms with E-state index in [4.69, 9.17) is 0 Å². The van der Waals surface area contributed by atoms with Crippen LogP contribution in [-0.2, 0) is 9.59 Å². The lowest BCUT2D eigenvalue weighted by Gasteiger charge is -2.38. The van der Waals surface area contributed by atoms with Gasteiger partial charge >= 0.3 is 0 Å². The van der Waals surface area contributed by atoms with Gasteiger partial charge in [-0.15, -0.1) is 11.3 Å². The second-order valence-corrected chi connectivity index (χ2v) is 6.04. The zero-order valence-electron chi connectivity index (χ0n) is 9.65. The van der Waals surface area contributed by atoms with Crippen LogP contribution in [-0.4, -0.2) is 16.8 Å². The fraction of sp³-hybridized carbons (Fsp3) is 0.462. The molecular weight excluding hydrogens is 248 g/mol. The number of carbonyl (C=O) groups is 2. The molecule has 1 aromatic heterocycles. The summed E-state index contributed by atoms with van der Waals surface area (Å²) in [7, 11) is 0. The molecule has 0 spiro atoms. The van der Waals surface area contributed by atoms with E-state index in [1.54, 1.807) is 11.6 Å². The minimum atomic E-state index is -0.134. The van der Waals surface area contributed by atoms with Crippen molar-refractivity contribution in [3.8, 4) is 0 Å². The molecule has 4 nitrogen and oxygen atoms in total. The number of thiazole rings is 1. The molecule has 18 heavy (non-hydrogen) atoms. The number of carbonyl (C=O) groups excluding carboxylic acids is 2. The van der Waals surface area contributed by atoms with Gasteiger partial charge in [-0.3, -0.25) is 9.59 Å². The number of nitrogens with zero attached hydrogens (tertiary/aromatic N) is 2. The van der Waals surface area contributed by atoms with Crippen molar-refractivity contribution in [1.82, 2.24) is 4.98 Å². The largest absolute Gasteiger partial charge is 0.274 e. The summed E-state index contributed by atoms with van der Waals surface area (Å²) in [6.45, 7) is 0. The van der Waals surface area contributed by atoms with E-state index in [-0.39, 0.29) is 35.5 Å². The second kappa shape index (κ2) is 3.51. The lowest BCUT2D eigenvalue weighted by atomic mass is 9.63. The van der Waals surface area contributed by atoms with E-state index in [1.165, 1.54) is 16.2 Å². The molecule has 1 aliphatic heterocycles. The van der Waals surface area contributed by atoms with Crippen LogP contribution in [0, 0.1) is 23.7 Å². The maximum atomic E-state index is 12.5. The number of hydrogen-bond acceptors (Lipinski definition) is 4. The normalized spacial score (nSPS) is 37.4. The van der Waals surface area contributed by atoms with E-state index >= 15 is 0 Å². The summed E-state index contributed by atoms with van der Waals surface area (Å²) in [5.74, 6) is 0.149. The van der Waals surface area contributed by atoms with Gasteiger partial charge in [0, 0.05) is 11.6 Å². The fourth-order valence-corrected chi connectivity index (χ4v) is 4.24. The van der Waals surface area contributed by atoms with Crippen molar-refractivity contribution in [1.29, 1.82) is 0 Å². The highest BCUT2D eigenvalue weighted by atomic mass is 32.1. The maximum Gasteiger partial charge on any atom is 0.240 e. The Balaban J connectivity index is 1.79. The van der Waals surface area contributed by atoms with Gasteiger partial charge in [0.1, 0.15) is 0 Å². The van der Waals surface area contributed by atoms with E-state index in [0.717, 1.165) is 12.8 Å². The summed E-state index contributed by atoms with van der Waals surface area (Å²) in [5.41, 5.74) is 0. The average Bonchev–Trinajstić information content (AvgIpc) is 3.00. The lowest BCUT2D eigenvalue weighted by Crippen LogP contribution is -2.38. The van der Waals surface area contributed by atoms with Crippen molar-refractivity contribution in [3.05, 3.63) is 23.7 Å². The van der Waals surface area contributed by atoms with E-state index in [1.807, 2.05) is 0 Å². The highest BCUT2D eigenvalue weighted by Gasteiger charge is 2.57. The topological polar surface area (TPSA) is 50.3 Å². The summed E-state index contributed by atoms with van der Waals surface area (Å²) in [6.07, 6.45) is 7.97. The van der Waals surface area contributed by atoms with Crippen molar-refractivity contribution < 1.29 is 9.59 Å². The first-order chi connectivity index (χ1) is 8.77. The van der Waals surface area contributed by atoms with Crippen LogP contribution in [0.4, 0.5) is 5.13 Å². The molecule has 0 aromatic carbocycles. The molecule has 4 aliphatic rings. The molecule has 4 atom stereocenters. The van der Waals surface area contributed by atoms with Gasteiger partial charge in [-0.25, -0.2) is 9.88 Å². The van der Waals surface area contributed by atoms with Gasteiger partial charge in [0.2, 0.25) is 11.8 Å². The zero-order valence-corrected chi connectivity index (χ0v) is 10.5. The molecule has 5 heteroatoms. The Morgan fingerprint density at radius 2 is 1.72 bits per heavy atom. The first kappa shape index (κ1) is 10.4. The van der Waals surface area contributed by atoms with Crippen LogP contribution in [0.2, 0.25) is 0 Å². The third-order valence-electron chi connectivity index (χ3n) is 4.37. The standard InChI is InChI=1S/C13H12N2O2S/c16-11-9-7-1-2-8(4-3-7)10(9)12(17)15(11)13-14-5-6-18-13/h1-2,5-10H,3-4H2/t7-,8+,9-,10+. The van der Waals surface area contributed by atoms with Crippen LogP contribution >= 0.6 is 11.3 Å². The highest BCUT2D eigenvalue weighted by molar-refractivity contribution is 7.14. The van der Waals surface area contributed by atoms with Crippen LogP contribution in [0.3, 0.4) is 0 Å². The fourth-order valence-electron chi connectivity index (χ4n) is 3.59. The predicted octanol–water partition coefficient (Wildman–Crippen LogP) is 1.84. The van der Waals surface area contributed by atoms with Crippen LogP contribution in [0.5, 0.6) is 0 Å². The van der Waals surface area contributed by atoms with Crippen molar-refractivity contribution in [2.45, 2.75) is 12.8 Å². The number of hydrogen-bond donors (Lipinski definition) is 0. The summed E-state index contributed by atoms with van der Waals surface area (Å²) in [6, 6.07) is 0. The number of anilines is 1. The molecule has 1 saturated heterocycles. The Labute approximate surface area is 108 Å². The van der Waals surface area contributed by atoms with E-state index < -0.39 is 0 Å². The van der Waals surface area contributed by atoms with E-state index in [2.05, 4.69) is 17.1 Å². The lowest BCUT2D eigenvalue weighted by molar-refractivity contribution is -0.124.